The van der Waals surface area contributed by atoms with Crippen molar-refractivity contribution in [3.63, 3.8) is 0 Å². The van der Waals surface area contributed by atoms with E-state index in [1.165, 1.54) is 5.69 Å². The van der Waals surface area contributed by atoms with Gasteiger partial charge in [0.25, 0.3) is 0 Å². The molecule has 2 heterocycles. The zero-order valence-electron chi connectivity index (χ0n) is 16.5. The van der Waals surface area contributed by atoms with Crippen molar-refractivity contribution in [2.45, 2.75) is 44.0 Å². The first-order valence-electron chi connectivity index (χ1n) is 9.95. The Morgan fingerprint density at radius 1 is 1.07 bits per heavy atom. The lowest BCUT2D eigenvalue weighted by atomic mass is 10.2. The molecule has 0 amide bonds. The monoisotopic (exact) mass is 394 g/mol. The molecule has 28 heavy (non-hydrogen) atoms. The summed E-state index contributed by atoms with van der Waals surface area (Å²) in [6, 6.07) is 12.2. The van der Waals surface area contributed by atoms with E-state index in [0.29, 0.717) is 10.9 Å². The number of aryl methyl sites for hydroxylation is 1. The van der Waals surface area contributed by atoms with Crippen molar-refractivity contribution < 1.29 is 4.21 Å². The molecule has 2 aromatic heterocycles. The number of pyridine rings is 1. The van der Waals surface area contributed by atoms with Gasteiger partial charge in [0.2, 0.25) is 5.16 Å². The summed E-state index contributed by atoms with van der Waals surface area (Å²) in [5, 5.41) is 0.658. The Bertz CT molecular complexity index is 979. The summed E-state index contributed by atoms with van der Waals surface area (Å²) in [5.41, 5.74) is 5.55. The number of fused-ring (bicyclic) bond motifs is 1. The van der Waals surface area contributed by atoms with E-state index in [-0.39, 0.29) is 0 Å². The number of para-hydroxylation sites is 1. The van der Waals surface area contributed by atoms with Crippen molar-refractivity contribution in [1.29, 1.82) is 0 Å². The van der Waals surface area contributed by atoms with Gasteiger partial charge in [-0.1, -0.05) is 18.2 Å². The van der Waals surface area contributed by atoms with Crippen LogP contribution in [0.3, 0.4) is 0 Å². The van der Waals surface area contributed by atoms with E-state index in [1.807, 2.05) is 24.3 Å². The van der Waals surface area contributed by atoms with Crippen LogP contribution in [0.1, 0.15) is 37.2 Å². The van der Waals surface area contributed by atoms with E-state index in [9.17, 15) is 4.21 Å². The lowest BCUT2D eigenvalue weighted by Crippen LogP contribution is -2.23. The van der Waals surface area contributed by atoms with Gasteiger partial charge in [0.1, 0.15) is 0 Å². The van der Waals surface area contributed by atoms with Gasteiger partial charge in [-0.3, -0.25) is 13.8 Å². The molecule has 0 aliphatic heterocycles. The maximum atomic E-state index is 13.5. The molecule has 0 bridgehead atoms. The van der Waals surface area contributed by atoms with Gasteiger partial charge in [0.15, 0.2) is 0 Å². The highest BCUT2D eigenvalue weighted by atomic mass is 32.2. The van der Waals surface area contributed by atoms with Crippen LogP contribution in [0.15, 0.2) is 53.9 Å². The van der Waals surface area contributed by atoms with E-state index in [2.05, 4.69) is 40.4 Å². The quantitative estimate of drug-likeness (QED) is 0.610. The third-order valence-corrected chi connectivity index (χ3v) is 6.61. The second kappa shape index (κ2) is 8.27. The molecule has 1 unspecified atom stereocenters. The maximum Gasteiger partial charge on any atom is 0.204 e. The van der Waals surface area contributed by atoms with Gasteiger partial charge in [-0.15, -0.1) is 0 Å². The molecular weight excluding hydrogens is 368 g/mol. The minimum atomic E-state index is -1.23. The van der Waals surface area contributed by atoms with Crippen LogP contribution in [-0.4, -0.2) is 31.8 Å². The maximum absolute atomic E-state index is 13.5. The Labute approximate surface area is 168 Å². The largest absolute Gasteiger partial charge is 0.372 e. The van der Waals surface area contributed by atoms with Gasteiger partial charge in [0.05, 0.1) is 27.9 Å². The Morgan fingerprint density at radius 3 is 2.57 bits per heavy atom. The van der Waals surface area contributed by atoms with E-state index in [4.69, 9.17) is 4.98 Å². The number of aromatic nitrogens is 3. The Balaban J connectivity index is 1.71. The molecule has 1 aliphatic rings. The van der Waals surface area contributed by atoms with Crippen molar-refractivity contribution in [1.82, 2.24) is 14.5 Å². The highest BCUT2D eigenvalue weighted by Gasteiger charge is 2.26. The normalized spacial score (nSPS) is 14.1. The van der Waals surface area contributed by atoms with Crippen LogP contribution in [0.25, 0.3) is 5.69 Å². The Kier molecular flexibility index (Phi) is 5.57. The molecule has 0 saturated heterocycles. The summed E-state index contributed by atoms with van der Waals surface area (Å²) in [6.07, 6.45) is 6.62. The first kappa shape index (κ1) is 18.9. The lowest BCUT2D eigenvalue weighted by Gasteiger charge is -2.24. The first-order chi connectivity index (χ1) is 13.7. The molecule has 1 aromatic carbocycles. The molecule has 1 atom stereocenters. The fourth-order valence-electron chi connectivity index (χ4n) is 3.98. The number of hydrogen-bond donors (Lipinski definition) is 0. The summed E-state index contributed by atoms with van der Waals surface area (Å²) < 4.78 is 15.6. The third-order valence-electron chi connectivity index (χ3n) is 5.36. The number of anilines is 1. The van der Waals surface area contributed by atoms with Crippen molar-refractivity contribution in [2.75, 3.05) is 18.0 Å². The second-order valence-electron chi connectivity index (χ2n) is 6.97. The Morgan fingerprint density at radius 2 is 1.82 bits per heavy atom. The van der Waals surface area contributed by atoms with Gasteiger partial charge in [-0.2, -0.15) is 0 Å². The molecule has 0 fully saturated rings. The van der Waals surface area contributed by atoms with Gasteiger partial charge in [-0.25, -0.2) is 4.98 Å². The van der Waals surface area contributed by atoms with E-state index >= 15 is 0 Å². The zero-order valence-corrected chi connectivity index (χ0v) is 17.3. The molecular formula is C22H26N4OS. The SMILES string of the molecule is CCN(CC)c1ccccc1CS(=O)c1nc2c(n1-c1ccncc1)CCC2. The molecule has 3 aromatic rings. The van der Waals surface area contributed by atoms with Crippen molar-refractivity contribution in [2.24, 2.45) is 0 Å². The van der Waals surface area contributed by atoms with Crippen LogP contribution in [-0.2, 0) is 29.4 Å². The van der Waals surface area contributed by atoms with Crippen molar-refractivity contribution >= 4 is 16.5 Å². The van der Waals surface area contributed by atoms with E-state index in [1.54, 1.807) is 12.4 Å². The number of rotatable bonds is 7. The molecule has 1 aliphatic carbocycles. The topological polar surface area (TPSA) is 51.0 Å². The van der Waals surface area contributed by atoms with E-state index < -0.39 is 10.8 Å². The summed E-state index contributed by atoms with van der Waals surface area (Å²) >= 11 is 0. The third kappa shape index (κ3) is 3.49. The average molecular weight is 395 g/mol. The van der Waals surface area contributed by atoms with Crippen molar-refractivity contribution in [3.05, 3.63) is 65.7 Å². The van der Waals surface area contributed by atoms with E-state index in [0.717, 1.165) is 55.0 Å². The fourth-order valence-corrected chi connectivity index (χ4v) is 5.26. The highest BCUT2D eigenvalue weighted by molar-refractivity contribution is 7.84. The predicted molar refractivity (Wildman–Crippen MR) is 113 cm³/mol. The molecule has 146 valence electrons. The standard InChI is InChI=1S/C22H26N4OS/c1-3-25(4-2)20-10-6-5-8-17(20)16-28(27)22-24-19-9-7-11-21(19)26(22)18-12-14-23-15-13-18/h5-6,8,10,12-15H,3-4,7,9,11,16H2,1-2H3. The van der Waals surface area contributed by atoms with Gasteiger partial charge in [0, 0.05) is 36.9 Å². The van der Waals surface area contributed by atoms with Crippen LogP contribution < -0.4 is 4.90 Å². The number of imidazole rings is 1. The van der Waals surface area contributed by atoms with Crippen LogP contribution in [0.5, 0.6) is 0 Å². The van der Waals surface area contributed by atoms with Crippen LogP contribution in [0.4, 0.5) is 5.69 Å². The lowest BCUT2D eigenvalue weighted by molar-refractivity contribution is 0.667. The van der Waals surface area contributed by atoms with Gasteiger partial charge in [-0.05, 0) is 56.9 Å². The molecule has 6 heteroatoms. The average Bonchev–Trinajstić information content (AvgIpc) is 3.32. The zero-order chi connectivity index (χ0) is 19.5. The predicted octanol–water partition coefficient (Wildman–Crippen LogP) is 3.91. The smallest absolute Gasteiger partial charge is 0.204 e. The minimum Gasteiger partial charge on any atom is -0.372 e. The summed E-state index contributed by atoms with van der Waals surface area (Å²) in [4.78, 5) is 11.2. The summed E-state index contributed by atoms with van der Waals surface area (Å²) in [5.74, 6) is 0.466. The Hall–Kier alpha value is -2.47. The van der Waals surface area contributed by atoms with Crippen LogP contribution >= 0.6 is 0 Å². The first-order valence-corrected chi connectivity index (χ1v) is 11.3. The van der Waals surface area contributed by atoms with Gasteiger partial charge < -0.3 is 4.90 Å². The van der Waals surface area contributed by atoms with Crippen molar-refractivity contribution in [3.8, 4) is 5.69 Å². The number of benzene rings is 1. The molecule has 5 nitrogen and oxygen atoms in total. The molecule has 0 spiro atoms. The molecule has 0 N–H and O–H groups in total. The second-order valence-corrected chi connectivity index (χ2v) is 8.32. The fraction of sp³-hybridized carbons (Fsp3) is 0.364. The minimum absolute atomic E-state index is 0.466. The van der Waals surface area contributed by atoms with Crippen LogP contribution in [0, 0.1) is 0 Å². The number of nitrogens with zero attached hydrogens (tertiary/aromatic N) is 4. The number of hydrogen-bond acceptors (Lipinski definition) is 4. The molecule has 0 saturated carbocycles. The molecule has 0 radical (unpaired) electrons. The summed E-state index contributed by atoms with van der Waals surface area (Å²) in [7, 11) is -1.23. The summed E-state index contributed by atoms with van der Waals surface area (Å²) in [6.45, 7) is 6.16. The van der Waals surface area contributed by atoms with Gasteiger partial charge >= 0.3 is 0 Å². The molecule has 4 rings (SSSR count). The highest BCUT2D eigenvalue weighted by Crippen LogP contribution is 2.30. The van der Waals surface area contributed by atoms with Crippen LogP contribution in [0.2, 0.25) is 0 Å².